The fraction of sp³-hybridized carbons (Fsp3) is 0.600. The molecule has 5 heteroatoms. The standard InChI is InChI=1S/C15H21FN2O2/c16-13-1-2-15-12(9-13)10-14(20-15)11-17-3-4-18-5-7-19-8-6-18/h1-2,9,14,17H,3-8,10-11H2. The van der Waals surface area contributed by atoms with Gasteiger partial charge in [-0.3, -0.25) is 4.90 Å². The van der Waals surface area contributed by atoms with Gasteiger partial charge in [-0.25, -0.2) is 4.39 Å². The lowest BCUT2D eigenvalue weighted by Crippen LogP contribution is -2.41. The second-order valence-corrected chi connectivity index (χ2v) is 5.35. The van der Waals surface area contributed by atoms with Gasteiger partial charge in [0.25, 0.3) is 0 Å². The lowest BCUT2D eigenvalue weighted by Gasteiger charge is -2.26. The van der Waals surface area contributed by atoms with Crippen LogP contribution in [0.3, 0.4) is 0 Å². The van der Waals surface area contributed by atoms with Crippen molar-refractivity contribution in [2.45, 2.75) is 12.5 Å². The highest BCUT2D eigenvalue weighted by atomic mass is 19.1. The summed E-state index contributed by atoms with van der Waals surface area (Å²) in [6.45, 7) is 6.51. The molecule has 0 aromatic heterocycles. The molecule has 0 amide bonds. The molecular formula is C15H21FN2O2. The summed E-state index contributed by atoms with van der Waals surface area (Å²) in [6, 6.07) is 4.74. The maximum absolute atomic E-state index is 13.1. The third-order valence-electron chi connectivity index (χ3n) is 3.84. The zero-order valence-corrected chi connectivity index (χ0v) is 11.6. The van der Waals surface area contributed by atoms with E-state index in [9.17, 15) is 4.39 Å². The van der Waals surface area contributed by atoms with Crippen LogP contribution in [0.5, 0.6) is 5.75 Å². The van der Waals surface area contributed by atoms with Crippen LogP contribution < -0.4 is 10.1 Å². The van der Waals surface area contributed by atoms with Crippen LogP contribution in [0.25, 0.3) is 0 Å². The van der Waals surface area contributed by atoms with Crippen molar-refractivity contribution in [3.8, 4) is 5.75 Å². The molecule has 0 bridgehead atoms. The minimum atomic E-state index is -0.187. The number of nitrogens with zero attached hydrogens (tertiary/aromatic N) is 1. The van der Waals surface area contributed by atoms with Crippen LogP contribution in [-0.2, 0) is 11.2 Å². The van der Waals surface area contributed by atoms with Gasteiger partial charge in [0.15, 0.2) is 0 Å². The van der Waals surface area contributed by atoms with Gasteiger partial charge in [0, 0.05) is 44.7 Å². The molecule has 2 heterocycles. The number of fused-ring (bicyclic) bond motifs is 1. The first-order chi connectivity index (χ1) is 9.81. The van der Waals surface area contributed by atoms with E-state index in [-0.39, 0.29) is 11.9 Å². The largest absolute Gasteiger partial charge is 0.488 e. The van der Waals surface area contributed by atoms with Crippen molar-refractivity contribution in [1.29, 1.82) is 0 Å². The molecule has 0 aliphatic carbocycles. The van der Waals surface area contributed by atoms with Crippen LogP contribution in [0.4, 0.5) is 4.39 Å². The Kier molecular flexibility index (Phi) is 4.50. The molecule has 3 rings (SSSR count). The fourth-order valence-corrected chi connectivity index (χ4v) is 2.73. The summed E-state index contributed by atoms with van der Waals surface area (Å²) in [4.78, 5) is 2.40. The van der Waals surface area contributed by atoms with E-state index in [1.165, 1.54) is 6.07 Å². The smallest absolute Gasteiger partial charge is 0.123 e. The van der Waals surface area contributed by atoms with E-state index >= 15 is 0 Å². The number of hydrogen-bond donors (Lipinski definition) is 1. The Labute approximate surface area is 118 Å². The van der Waals surface area contributed by atoms with Gasteiger partial charge < -0.3 is 14.8 Å². The summed E-state index contributed by atoms with van der Waals surface area (Å²) in [5.74, 6) is 0.639. The van der Waals surface area contributed by atoms with Gasteiger partial charge in [-0.15, -0.1) is 0 Å². The Bertz CT molecular complexity index is 449. The lowest BCUT2D eigenvalue weighted by molar-refractivity contribution is 0.0382. The number of hydrogen-bond acceptors (Lipinski definition) is 4. The first-order valence-electron chi connectivity index (χ1n) is 7.27. The van der Waals surface area contributed by atoms with E-state index in [2.05, 4.69) is 10.2 Å². The Morgan fingerprint density at radius 3 is 3.00 bits per heavy atom. The van der Waals surface area contributed by atoms with Crippen molar-refractivity contribution in [2.75, 3.05) is 45.9 Å². The van der Waals surface area contributed by atoms with Gasteiger partial charge in [-0.1, -0.05) is 0 Å². The van der Waals surface area contributed by atoms with Crippen molar-refractivity contribution in [2.24, 2.45) is 0 Å². The highest BCUT2D eigenvalue weighted by molar-refractivity contribution is 5.37. The Morgan fingerprint density at radius 2 is 2.15 bits per heavy atom. The molecule has 0 saturated carbocycles. The SMILES string of the molecule is Fc1ccc2c(c1)CC(CNCCN1CCOCC1)O2. The summed E-state index contributed by atoms with van der Waals surface area (Å²) < 4.78 is 24.2. The van der Waals surface area contributed by atoms with Crippen molar-refractivity contribution < 1.29 is 13.9 Å². The van der Waals surface area contributed by atoms with Crippen LogP contribution in [0.2, 0.25) is 0 Å². The number of ether oxygens (including phenoxy) is 2. The quantitative estimate of drug-likeness (QED) is 0.818. The number of rotatable bonds is 5. The summed E-state index contributed by atoms with van der Waals surface area (Å²) in [5.41, 5.74) is 0.977. The van der Waals surface area contributed by atoms with E-state index in [0.717, 1.165) is 63.7 Å². The number of halogens is 1. The molecule has 2 aliphatic rings. The van der Waals surface area contributed by atoms with Crippen LogP contribution in [0.15, 0.2) is 18.2 Å². The minimum Gasteiger partial charge on any atom is -0.488 e. The van der Waals surface area contributed by atoms with Gasteiger partial charge in [0.1, 0.15) is 17.7 Å². The zero-order chi connectivity index (χ0) is 13.8. The summed E-state index contributed by atoms with van der Waals surface area (Å²) in [6.07, 6.45) is 0.911. The van der Waals surface area contributed by atoms with Crippen molar-refractivity contribution in [3.63, 3.8) is 0 Å². The molecule has 20 heavy (non-hydrogen) atoms. The molecular weight excluding hydrogens is 259 g/mol. The Hall–Kier alpha value is -1.17. The number of benzene rings is 1. The van der Waals surface area contributed by atoms with E-state index in [0.29, 0.717) is 0 Å². The first-order valence-corrected chi connectivity index (χ1v) is 7.27. The molecule has 1 saturated heterocycles. The molecule has 1 aromatic carbocycles. The molecule has 0 spiro atoms. The normalized spacial score (nSPS) is 22.6. The van der Waals surface area contributed by atoms with Gasteiger partial charge in [0.2, 0.25) is 0 Å². The predicted molar refractivity (Wildman–Crippen MR) is 74.6 cm³/mol. The highest BCUT2D eigenvalue weighted by Crippen LogP contribution is 2.28. The molecule has 1 aromatic rings. The van der Waals surface area contributed by atoms with E-state index in [4.69, 9.17) is 9.47 Å². The lowest BCUT2D eigenvalue weighted by atomic mass is 10.1. The molecule has 2 aliphatic heterocycles. The van der Waals surface area contributed by atoms with Crippen LogP contribution in [0, 0.1) is 5.82 Å². The van der Waals surface area contributed by atoms with Crippen molar-refractivity contribution in [1.82, 2.24) is 10.2 Å². The maximum Gasteiger partial charge on any atom is 0.123 e. The van der Waals surface area contributed by atoms with Gasteiger partial charge >= 0.3 is 0 Å². The molecule has 1 N–H and O–H groups in total. The zero-order valence-electron chi connectivity index (χ0n) is 11.6. The summed E-state index contributed by atoms with van der Waals surface area (Å²) in [5, 5.41) is 3.42. The van der Waals surface area contributed by atoms with Gasteiger partial charge in [-0.2, -0.15) is 0 Å². The molecule has 1 fully saturated rings. The Morgan fingerprint density at radius 1 is 1.30 bits per heavy atom. The van der Waals surface area contributed by atoms with Gasteiger partial charge in [-0.05, 0) is 18.2 Å². The molecule has 0 radical (unpaired) electrons. The monoisotopic (exact) mass is 280 g/mol. The Balaban J connectivity index is 1.36. The minimum absolute atomic E-state index is 0.122. The second kappa shape index (κ2) is 6.52. The third-order valence-corrected chi connectivity index (χ3v) is 3.84. The van der Waals surface area contributed by atoms with Crippen LogP contribution >= 0.6 is 0 Å². The van der Waals surface area contributed by atoms with Crippen LogP contribution in [-0.4, -0.2) is 56.9 Å². The first kappa shape index (κ1) is 13.8. The maximum atomic E-state index is 13.1. The van der Waals surface area contributed by atoms with Crippen LogP contribution in [0.1, 0.15) is 5.56 Å². The average Bonchev–Trinajstić information content (AvgIpc) is 2.86. The van der Waals surface area contributed by atoms with Gasteiger partial charge in [0.05, 0.1) is 13.2 Å². The van der Waals surface area contributed by atoms with Crippen molar-refractivity contribution in [3.05, 3.63) is 29.6 Å². The predicted octanol–water partition coefficient (Wildman–Crippen LogP) is 1.05. The molecule has 1 unspecified atom stereocenters. The second-order valence-electron chi connectivity index (χ2n) is 5.35. The number of nitrogens with one attached hydrogen (secondary N) is 1. The third kappa shape index (κ3) is 3.48. The molecule has 1 atom stereocenters. The molecule has 4 nitrogen and oxygen atoms in total. The fourth-order valence-electron chi connectivity index (χ4n) is 2.73. The topological polar surface area (TPSA) is 33.7 Å². The van der Waals surface area contributed by atoms with E-state index in [1.54, 1.807) is 12.1 Å². The van der Waals surface area contributed by atoms with E-state index in [1.807, 2.05) is 0 Å². The molecule has 110 valence electrons. The average molecular weight is 280 g/mol. The number of morpholine rings is 1. The van der Waals surface area contributed by atoms with Crippen molar-refractivity contribution >= 4 is 0 Å². The highest BCUT2D eigenvalue weighted by Gasteiger charge is 2.22. The van der Waals surface area contributed by atoms with E-state index < -0.39 is 0 Å². The summed E-state index contributed by atoms with van der Waals surface area (Å²) in [7, 11) is 0. The summed E-state index contributed by atoms with van der Waals surface area (Å²) >= 11 is 0.